The summed E-state index contributed by atoms with van der Waals surface area (Å²) < 4.78 is 7.66. The van der Waals surface area contributed by atoms with E-state index in [0.29, 0.717) is 11.8 Å². The van der Waals surface area contributed by atoms with E-state index >= 15 is 0 Å². The topological polar surface area (TPSA) is 53.1 Å². The Morgan fingerprint density at radius 3 is 2.83 bits per heavy atom. The maximum Gasteiger partial charge on any atom is 0.0522 e. The lowest BCUT2D eigenvalue weighted by molar-refractivity contribution is 0.0628. The van der Waals surface area contributed by atoms with Gasteiger partial charge in [-0.05, 0) is 43.2 Å². The van der Waals surface area contributed by atoms with Crippen molar-refractivity contribution in [1.29, 1.82) is 0 Å². The first-order chi connectivity index (χ1) is 8.79. The summed E-state index contributed by atoms with van der Waals surface area (Å²) in [6.45, 7) is 2.48. The van der Waals surface area contributed by atoms with Crippen LogP contribution >= 0.6 is 0 Å². The van der Waals surface area contributed by atoms with Crippen molar-refractivity contribution in [2.45, 2.75) is 32.1 Å². The summed E-state index contributed by atoms with van der Waals surface area (Å²) in [6.07, 6.45) is 10.2. The molecule has 4 heteroatoms. The Bertz CT molecular complexity index is 351. The van der Waals surface area contributed by atoms with Crippen molar-refractivity contribution in [2.24, 2.45) is 24.6 Å². The van der Waals surface area contributed by atoms with E-state index < -0.39 is 0 Å². The molecule has 1 aliphatic rings. The second kappa shape index (κ2) is 6.90. The van der Waals surface area contributed by atoms with Crippen molar-refractivity contribution in [3.8, 4) is 0 Å². The largest absolute Gasteiger partial charge is 0.381 e. The van der Waals surface area contributed by atoms with E-state index in [0.717, 1.165) is 26.2 Å². The van der Waals surface area contributed by atoms with Crippen LogP contribution in [0.25, 0.3) is 0 Å². The molecule has 0 spiro atoms. The molecule has 1 saturated carbocycles. The normalized spacial score (nSPS) is 24.3. The average Bonchev–Trinajstić information content (AvgIpc) is 2.81. The summed E-state index contributed by atoms with van der Waals surface area (Å²) in [4.78, 5) is 0. The Balaban J connectivity index is 1.65. The third kappa shape index (κ3) is 3.82. The van der Waals surface area contributed by atoms with Gasteiger partial charge in [0.15, 0.2) is 0 Å². The molecule has 102 valence electrons. The molecule has 4 nitrogen and oxygen atoms in total. The number of nitrogens with zero attached hydrogens (tertiary/aromatic N) is 2. The van der Waals surface area contributed by atoms with Gasteiger partial charge in [0.2, 0.25) is 0 Å². The van der Waals surface area contributed by atoms with Crippen molar-refractivity contribution in [3.05, 3.63) is 18.0 Å². The van der Waals surface area contributed by atoms with Crippen LogP contribution in [-0.4, -0.2) is 29.5 Å². The van der Waals surface area contributed by atoms with Gasteiger partial charge in [-0.3, -0.25) is 4.68 Å². The zero-order valence-corrected chi connectivity index (χ0v) is 11.3. The molecule has 2 rings (SSSR count). The van der Waals surface area contributed by atoms with Gasteiger partial charge in [0.25, 0.3) is 0 Å². The third-order valence-electron chi connectivity index (χ3n) is 3.99. The van der Waals surface area contributed by atoms with Crippen LogP contribution in [0.1, 0.15) is 31.2 Å². The van der Waals surface area contributed by atoms with Gasteiger partial charge in [0, 0.05) is 19.9 Å². The Morgan fingerprint density at radius 2 is 2.17 bits per heavy atom. The summed E-state index contributed by atoms with van der Waals surface area (Å²) in [7, 11) is 1.94. The smallest absolute Gasteiger partial charge is 0.0522 e. The summed E-state index contributed by atoms with van der Waals surface area (Å²) in [5.41, 5.74) is 7.07. The maximum atomic E-state index is 5.83. The van der Waals surface area contributed by atoms with E-state index in [1.54, 1.807) is 0 Å². The molecule has 2 unspecified atom stereocenters. The number of hydrogen-bond acceptors (Lipinski definition) is 3. The van der Waals surface area contributed by atoms with Gasteiger partial charge < -0.3 is 10.5 Å². The van der Waals surface area contributed by atoms with Crippen molar-refractivity contribution < 1.29 is 4.74 Å². The van der Waals surface area contributed by atoms with Gasteiger partial charge in [-0.1, -0.05) is 12.8 Å². The fraction of sp³-hybridized carbons (Fsp3) is 0.786. The zero-order chi connectivity index (χ0) is 12.8. The molecule has 1 aromatic heterocycles. The Morgan fingerprint density at radius 1 is 1.39 bits per heavy atom. The fourth-order valence-electron chi connectivity index (χ4n) is 2.84. The van der Waals surface area contributed by atoms with Gasteiger partial charge in [-0.2, -0.15) is 5.10 Å². The second-order valence-electron chi connectivity index (χ2n) is 5.39. The van der Waals surface area contributed by atoms with Crippen LogP contribution in [0.3, 0.4) is 0 Å². The van der Waals surface area contributed by atoms with Crippen LogP contribution in [-0.2, 0) is 18.2 Å². The molecule has 2 N–H and O–H groups in total. The van der Waals surface area contributed by atoms with Gasteiger partial charge in [0.05, 0.1) is 12.8 Å². The average molecular weight is 251 g/mol. The Kier molecular flexibility index (Phi) is 5.20. The number of aromatic nitrogens is 2. The van der Waals surface area contributed by atoms with Crippen molar-refractivity contribution >= 4 is 0 Å². The standard InChI is InChI=1S/C14H25N3O/c1-17-10-12(9-16-17)6-7-18-11-14-5-3-2-4-13(14)8-15/h9-10,13-14H,2-8,11,15H2,1H3. The number of rotatable bonds is 6. The molecule has 1 fully saturated rings. The zero-order valence-electron chi connectivity index (χ0n) is 11.3. The van der Waals surface area contributed by atoms with Crippen LogP contribution in [0.2, 0.25) is 0 Å². The van der Waals surface area contributed by atoms with E-state index in [4.69, 9.17) is 10.5 Å². The molecule has 0 saturated heterocycles. The molecule has 1 aromatic rings. The molecule has 0 aromatic carbocycles. The van der Waals surface area contributed by atoms with Gasteiger partial charge in [-0.15, -0.1) is 0 Å². The number of aryl methyl sites for hydroxylation is 1. The van der Waals surface area contributed by atoms with E-state index in [9.17, 15) is 0 Å². The molecule has 1 aliphatic carbocycles. The molecule has 0 bridgehead atoms. The predicted molar refractivity (Wildman–Crippen MR) is 72.2 cm³/mol. The summed E-state index contributed by atoms with van der Waals surface area (Å²) in [6, 6.07) is 0. The lowest BCUT2D eigenvalue weighted by Gasteiger charge is -2.30. The number of nitrogens with two attached hydrogens (primary N) is 1. The highest BCUT2D eigenvalue weighted by atomic mass is 16.5. The van der Waals surface area contributed by atoms with E-state index in [1.165, 1.54) is 31.2 Å². The van der Waals surface area contributed by atoms with E-state index in [-0.39, 0.29) is 0 Å². The predicted octanol–water partition coefficient (Wildman–Crippen LogP) is 1.74. The van der Waals surface area contributed by atoms with Crippen LogP contribution in [0.15, 0.2) is 12.4 Å². The van der Waals surface area contributed by atoms with Crippen molar-refractivity contribution in [3.63, 3.8) is 0 Å². The monoisotopic (exact) mass is 251 g/mol. The summed E-state index contributed by atoms with van der Waals surface area (Å²) in [5, 5.41) is 4.16. The van der Waals surface area contributed by atoms with Crippen molar-refractivity contribution in [1.82, 2.24) is 9.78 Å². The summed E-state index contributed by atoms with van der Waals surface area (Å²) >= 11 is 0. The molecule has 0 radical (unpaired) electrons. The maximum absolute atomic E-state index is 5.83. The highest BCUT2D eigenvalue weighted by Crippen LogP contribution is 2.29. The fourth-order valence-corrected chi connectivity index (χ4v) is 2.84. The minimum absolute atomic E-state index is 0.678. The van der Waals surface area contributed by atoms with Crippen LogP contribution in [0, 0.1) is 11.8 Å². The molecule has 0 aliphatic heterocycles. The Labute approximate surface area is 110 Å². The quantitative estimate of drug-likeness (QED) is 0.784. The molecular weight excluding hydrogens is 226 g/mol. The molecule has 0 amide bonds. The number of ether oxygens (including phenoxy) is 1. The molecular formula is C14H25N3O. The van der Waals surface area contributed by atoms with Crippen LogP contribution in [0.4, 0.5) is 0 Å². The number of hydrogen-bond donors (Lipinski definition) is 1. The van der Waals surface area contributed by atoms with Gasteiger partial charge in [-0.25, -0.2) is 0 Å². The van der Waals surface area contributed by atoms with Gasteiger partial charge >= 0.3 is 0 Å². The Hall–Kier alpha value is -0.870. The van der Waals surface area contributed by atoms with Crippen LogP contribution in [0.5, 0.6) is 0 Å². The SMILES string of the molecule is Cn1cc(CCOCC2CCCCC2CN)cn1. The lowest BCUT2D eigenvalue weighted by Crippen LogP contribution is -2.30. The van der Waals surface area contributed by atoms with Gasteiger partial charge in [0.1, 0.15) is 0 Å². The molecule has 18 heavy (non-hydrogen) atoms. The molecule has 2 atom stereocenters. The second-order valence-corrected chi connectivity index (χ2v) is 5.39. The summed E-state index contributed by atoms with van der Waals surface area (Å²) in [5.74, 6) is 1.36. The first-order valence-corrected chi connectivity index (χ1v) is 7.05. The minimum Gasteiger partial charge on any atom is -0.381 e. The first kappa shape index (κ1) is 13.6. The van der Waals surface area contributed by atoms with E-state index in [1.807, 2.05) is 24.1 Å². The first-order valence-electron chi connectivity index (χ1n) is 7.05. The third-order valence-corrected chi connectivity index (χ3v) is 3.99. The van der Waals surface area contributed by atoms with E-state index in [2.05, 4.69) is 5.10 Å². The van der Waals surface area contributed by atoms with Crippen LogP contribution < -0.4 is 5.73 Å². The highest BCUT2D eigenvalue weighted by Gasteiger charge is 2.23. The highest BCUT2D eigenvalue weighted by molar-refractivity contribution is 5.03. The minimum atomic E-state index is 0.678. The molecule has 1 heterocycles. The lowest BCUT2D eigenvalue weighted by atomic mass is 9.80. The van der Waals surface area contributed by atoms with Crippen molar-refractivity contribution in [2.75, 3.05) is 19.8 Å².